The molecule has 0 bridgehead atoms. The van der Waals surface area contributed by atoms with Gasteiger partial charge in [0.15, 0.2) is 6.29 Å². The number of halogens is 1. The molecule has 2 unspecified atom stereocenters. The maximum atomic E-state index is 8.53. The zero-order valence-electron chi connectivity index (χ0n) is 8.02. The van der Waals surface area contributed by atoms with Gasteiger partial charge in [0, 0.05) is 10.0 Å². The van der Waals surface area contributed by atoms with Crippen LogP contribution in [-0.4, -0.2) is 12.7 Å². The number of ether oxygens (including phenoxy) is 2. The Labute approximate surface area is 96.7 Å². The summed E-state index contributed by atoms with van der Waals surface area (Å²) in [5.74, 6) is 0. The lowest BCUT2D eigenvalue weighted by atomic mass is 10.2. The predicted octanol–water partition coefficient (Wildman–Crippen LogP) is 2.78. The molecular weight excluding hydrogens is 258 g/mol. The van der Waals surface area contributed by atoms with Gasteiger partial charge in [0.25, 0.3) is 0 Å². The first-order valence-corrected chi connectivity index (χ1v) is 5.48. The SMILES string of the molecule is N#CCC1COC(c2cccc(Br)c2)O1. The van der Waals surface area contributed by atoms with Gasteiger partial charge in [-0.05, 0) is 12.1 Å². The fraction of sp³-hybridized carbons (Fsp3) is 0.364. The van der Waals surface area contributed by atoms with E-state index >= 15 is 0 Å². The Morgan fingerprint density at radius 3 is 3.13 bits per heavy atom. The van der Waals surface area contributed by atoms with Gasteiger partial charge in [0.1, 0.15) is 0 Å². The molecule has 0 aromatic heterocycles. The molecule has 4 heteroatoms. The van der Waals surface area contributed by atoms with Crippen molar-refractivity contribution in [1.29, 1.82) is 5.26 Å². The third kappa shape index (κ3) is 2.57. The van der Waals surface area contributed by atoms with Crippen LogP contribution in [0.1, 0.15) is 18.3 Å². The molecule has 0 spiro atoms. The number of hydrogen-bond donors (Lipinski definition) is 0. The van der Waals surface area contributed by atoms with Gasteiger partial charge >= 0.3 is 0 Å². The quantitative estimate of drug-likeness (QED) is 0.828. The summed E-state index contributed by atoms with van der Waals surface area (Å²) in [6.07, 6.45) is -0.0512. The smallest absolute Gasteiger partial charge is 0.184 e. The fourth-order valence-electron chi connectivity index (χ4n) is 1.48. The zero-order valence-corrected chi connectivity index (χ0v) is 9.61. The second-order valence-corrected chi connectivity index (χ2v) is 4.26. The van der Waals surface area contributed by atoms with Crippen LogP contribution < -0.4 is 0 Å². The summed E-state index contributed by atoms with van der Waals surface area (Å²) in [6.45, 7) is 0.491. The Balaban J connectivity index is 2.05. The first-order valence-electron chi connectivity index (χ1n) is 4.69. The molecule has 1 aromatic carbocycles. The van der Waals surface area contributed by atoms with Crippen LogP contribution in [0.2, 0.25) is 0 Å². The molecule has 1 aromatic rings. The number of hydrogen-bond acceptors (Lipinski definition) is 3. The first kappa shape index (κ1) is 10.6. The maximum absolute atomic E-state index is 8.53. The standard InChI is InChI=1S/C11H10BrNO2/c12-9-3-1-2-8(6-9)11-14-7-10(15-11)4-5-13/h1-3,6,10-11H,4,7H2. The van der Waals surface area contributed by atoms with Gasteiger partial charge in [-0.2, -0.15) is 5.26 Å². The van der Waals surface area contributed by atoms with Crippen molar-refractivity contribution in [2.24, 2.45) is 0 Å². The minimum atomic E-state index is -0.333. The van der Waals surface area contributed by atoms with E-state index < -0.39 is 0 Å². The third-order valence-electron chi connectivity index (χ3n) is 2.19. The Kier molecular flexibility index (Phi) is 3.37. The molecule has 1 fully saturated rings. The van der Waals surface area contributed by atoms with E-state index in [0.29, 0.717) is 13.0 Å². The average molecular weight is 268 g/mol. The number of rotatable bonds is 2. The van der Waals surface area contributed by atoms with Gasteiger partial charge in [0.05, 0.1) is 25.2 Å². The topological polar surface area (TPSA) is 42.2 Å². The highest BCUT2D eigenvalue weighted by Crippen LogP contribution is 2.29. The lowest BCUT2D eigenvalue weighted by Gasteiger charge is -2.10. The van der Waals surface area contributed by atoms with Crippen LogP contribution in [0.5, 0.6) is 0 Å². The molecule has 2 rings (SSSR count). The molecule has 15 heavy (non-hydrogen) atoms. The number of benzene rings is 1. The molecule has 78 valence electrons. The molecule has 3 nitrogen and oxygen atoms in total. The van der Waals surface area contributed by atoms with Crippen molar-refractivity contribution in [3.8, 4) is 6.07 Å². The summed E-state index contributed by atoms with van der Waals surface area (Å²) >= 11 is 3.39. The van der Waals surface area contributed by atoms with Crippen molar-refractivity contribution in [1.82, 2.24) is 0 Å². The second kappa shape index (κ2) is 4.75. The normalized spacial score (nSPS) is 25.1. The Bertz CT molecular complexity index is 388. The molecule has 0 amide bonds. The molecule has 1 saturated heterocycles. The van der Waals surface area contributed by atoms with Crippen molar-refractivity contribution >= 4 is 15.9 Å². The molecular formula is C11H10BrNO2. The van der Waals surface area contributed by atoms with E-state index in [-0.39, 0.29) is 12.4 Å². The van der Waals surface area contributed by atoms with Crippen LogP contribution in [0.25, 0.3) is 0 Å². The van der Waals surface area contributed by atoms with Gasteiger partial charge < -0.3 is 9.47 Å². The van der Waals surface area contributed by atoms with Crippen molar-refractivity contribution in [2.75, 3.05) is 6.61 Å². The van der Waals surface area contributed by atoms with Crippen molar-refractivity contribution in [2.45, 2.75) is 18.8 Å². The van der Waals surface area contributed by atoms with Crippen molar-refractivity contribution in [3.63, 3.8) is 0 Å². The third-order valence-corrected chi connectivity index (χ3v) is 2.68. The monoisotopic (exact) mass is 267 g/mol. The summed E-state index contributed by atoms with van der Waals surface area (Å²) in [7, 11) is 0. The summed E-state index contributed by atoms with van der Waals surface area (Å²) in [4.78, 5) is 0. The van der Waals surface area contributed by atoms with E-state index in [1.807, 2.05) is 24.3 Å². The molecule has 1 heterocycles. The largest absolute Gasteiger partial charge is 0.346 e. The van der Waals surface area contributed by atoms with Crippen molar-refractivity contribution in [3.05, 3.63) is 34.3 Å². The second-order valence-electron chi connectivity index (χ2n) is 3.34. The minimum absolute atomic E-state index is 0.0982. The summed E-state index contributed by atoms with van der Waals surface area (Å²) < 4.78 is 12.0. The van der Waals surface area contributed by atoms with Crippen LogP contribution in [0, 0.1) is 11.3 Å². The molecule has 1 aliphatic heterocycles. The molecule has 0 aliphatic carbocycles. The average Bonchev–Trinajstić information content (AvgIpc) is 2.67. The predicted molar refractivity (Wildman–Crippen MR) is 57.9 cm³/mol. The van der Waals surface area contributed by atoms with Crippen LogP contribution in [0.4, 0.5) is 0 Å². The van der Waals surface area contributed by atoms with Gasteiger partial charge in [-0.15, -0.1) is 0 Å². The summed E-state index contributed by atoms with van der Waals surface area (Å²) in [5, 5.41) is 8.53. The lowest BCUT2D eigenvalue weighted by molar-refractivity contribution is -0.0592. The molecule has 0 radical (unpaired) electrons. The molecule has 2 atom stereocenters. The van der Waals surface area contributed by atoms with Crippen LogP contribution >= 0.6 is 15.9 Å². The number of nitrogens with zero attached hydrogens (tertiary/aromatic N) is 1. The highest BCUT2D eigenvalue weighted by Gasteiger charge is 2.26. The van der Waals surface area contributed by atoms with E-state index in [9.17, 15) is 0 Å². The maximum Gasteiger partial charge on any atom is 0.184 e. The molecule has 1 aliphatic rings. The van der Waals surface area contributed by atoms with Gasteiger partial charge in [-0.25, -0.2) is 0 Å². The molecule has 0 saturated carbocycles. The Morgan fingerprint density at radius 2 is 2.40 bits per heavy atom. The van der Waals surface area contributed by atoms with E-state index in [4.69, 9.17) is 14.7 Å². The van der Waals surface area contributed by atoms with Crippen LogP contribution in [0.15, 0.2) is 28.7 Å². The van der Waals surface area contributed by atoms with Crippen LogP contribution in [0.3, 0.4) is 0 Å². The Hall–Kier alpha value is -0.890. The van der Waals surface area contributed by atoms with Crippen LogP contribution in [-0.2, 0) is 9.47 Å². The lowest BCUT2D eigenvalue weighted by Crippen LogP contribution is -2.07. The van der Waals surface area contributed by atoms with Gasteiger partial charge in [-0.3, -0.25) is 0 Å². The summed E-state index contributed by atoms with van der Waals surface area (Å²) in [5.41, 5.74) is 0.977. The first-order chi connectivity index (χ1) is 7.29. The Morgan fingerprint density at radius 1 is 1.53 bits per heavy atom. The van der Waals surface area contributed by atoms with E-state index in [1.165, 1.54) is 0 Å². The van der Waals surface area contributed by atoms with Crippen molar-refractivity contribution < 1.29 is 9.47 Å². The highest BCUT2D eigenvalue weighted by atomic mass is 79.9. The van der Waals surface area contributed by atoms with Gasteiger partial charge in [-0.1, -0.05) is 28.1 Å². The number of nitriles is 1. The van der Waals surface area contributed by atoms with E-state index in [2.05, 4.69) is 22.0 Å². The molecule has 0 N–H and O–H groups in total. The van der Waals surface area contributed by atoms with E-state index in [1.54, 1.807) is 0 Å². The zero-order chi connectivity index (χ0) is 10.7. The van der Waals surface area contributed by atoms with E-state index in [0.717, 1.165) is 10.0 Å². The highest BCUT2D eigenvalue weighted by molar-refractivity contribution is 9.10. The fourth-order valence-corrected chi connectivity index (χ4v) is 1.90. The van der Waals surface area contributed by atoms with Gasteiger partial charge in [0.2, 0.25) is 0 Å². The summed E-state index contributed by atoms with van der Waals surface area (Å²) in [6, 6.07) is 9.87. The minimum Gasteiger partial charge on any atom is -0.346 e.